The first-order valence-electron chi connectivity index (χ1n) is 6.28. The average molecular weight is 227 g/mol. The molecule has 0 atom stereocenters. The van der Waals surface area contributed by atoms with E-state index < -0.39 is 0 Å². The van der Waals surface area contributed by atoms with Crippen LogP contribution < -0.4 is 5.32 Å². The molecule has 17 heavy (non-hydrogen) atoms. The molecule has 0 bridgehead atoms. The van der Waals surface area contributed by atoms with Crippen LogP contribution in [0.2, 0.25) is 0 Å². The summed E-state index contributed by atoms with van der Waals surface area (Å²) < 4.78 is 2.16. The lowest BCUT2D eigenvalue weighted by Crippen LogP contribution is -2.12. The number of aryl methyl sites for hydroxylation is 2. The monoisotopic (exact) mass is 227 g/mol. The predicted octanol–water partition coefficient (Wildman–Crippen LogP) is 2.79. The summed E-state index contributed by atoms with van der Waals surface area (Å²) in [4.78, 5) is 4.37. The van der Waals surface area contributed by atoms with Gasteiger partial charge in [-0.15, -0.1) is 0 Å². The van der Waals surface area contributed by atoms with E-state index in [4.69, 9.17) is 0 Å². The molecule has 1 aliphatic heterocycles. The Hall–Kier alpha value is -1.77. The van der Waals surface area contributed by atoms with Gasteiger partial charge in [0.05, 0.1) is 0 Å². The summed E-state index contributed by atoms with van der Waals surface area (Å²) in [5.74, 6) is 1.11. The Morgan fingerprint density at radius 3 is 3.24 bits per heavy atom. The Morgan fingerprint density at radius 2 is 2.35 bits per heavy atom. The summed E-state index contributed by atoms with van der Waals surface area (Å²) in [6.07, 6.45) is 7.28. The molecule has 3 rings (SSSR count). The standard InChI is InChI=1S/C14H17N3/c1-2-14-16-8-9-17(14)12-6-5-11-4-3-7-15-13(11)10-12/h5-6,8-10,15H,2-4,7H2,1H3. The van der Waals surface area contributed by atoms with E-state index in [1.165, 1.54) is 29.8 Å². The number of benzene rings is 1. The Balaban J connectivity index is 2.04. The molecule has 0 amide bonds. The minimum absolute atomic E-state index is 0.956. The molecule has 3 heteroatoms. The smallest absolute Gasteiger partial charge is 0.112 e. The number of aromatic nitrogens is 2. The number of fused-ring (bicyclic) bond motifs is 1. The molecule has 0 unspecified atom stereocenters. The van der Waals surface area contributed by atoms with Crippen LogP contribution in [0.4, 0.5) is 5.69 Å². The highest BCUT2D eigenvalue weighted by Gasteiger charge is 2.10. The van der Waals surface area contributed by atoms with Crippen LogP contribution in [0.5, 0.6) is 0 Å². The molecule has 0 fully saturated rings. The van der Waals surface area contributed by atoms with Crippen molar-refractivity contribution in [3.8, 4) is 5.69 Å². The maximum Gasteiger partial charge on any atom is 0.112 e. The van der Waals surface area contributed by atoms with Crippen molar-refractivity contribution >= 4 is 5.69 Å². The van der Waals surface area contributed by atoms with Crippen molar-refractivity contribution in [1.29, 1.82) is 0 Å². The van der Waals surface area contributed by atoms with Gasteiger partial charge in [-0.05, 0) is 30.5 Å². The lowest BCUT2D eigenvalue weighted by atomic mass is 10.0. The minimum Gasteiger partial charge on any atom is -0.385 e. The van der Waals surface area contributed by atoms with Gasteiger partial charge in [0.1, 0.15) is 5.82 Å². The van der Waals surface area contributed by atoms with Crippen LogP contribution in [-0.4, -0.2) is 16.1 Å². The van der Waals surface area contributed by atoms with E-state index in [1.54, 1.807) is 0 Å². The van der Waals surface area contributed by atoms with E-state index in [-0.39, 0.29) is 0 Å². The SMILES string of the molecule is CCc1nccn1-c1ccc2c(c1)NCCC2. The lowest BCUT2D eigenvalue weighted by Gasteiger charge is -2.19. The molecule has 1 N–H and O–H groups in total. The van der Waals surface area contributed by atoms with Crippen LogP contribution in [0, 0.1) is 0 Å². The molecule has 0 radical (unpaired) electrons. The average Bonchev–Trinajstić information content (AvgIpc) is 2.86. The van der Waals surface area contributed by atoms with E-state index in [9.17, 15) is 0 Å². The fourth-order valence-corrected chi connectivity index (χ4v) is 2.43. The molecular weight excluding hydrogens is 210 g/mol. The zero-order chi connectivity index (χ0) is 11.7. The quantitative estimate of drug-likeness (QED) is 0.855. The van der Waals surface area contributed by atoms with Crippen LogP contribution in [0.15, 0.2) is 30.6 Å². The number of imidazole rings is 1. The zero-order valence-corrected chi connectivity index (χ0v) is 10.1. The molecule has 0 spiro atoms. The summed E-state index contributed by atoms with van der Waals surface area (Å²) in [7, 11) is 0. The van der Waals surface area contributed by atoms with Crippen LogP contribution >= 0.6 is 0 Å². The van der Waals surface area contributed by atoms with Crippen molar-refractivity contribution in [3.63, 3.8) is 0 Å². The molecule has 0 aliphatic carbocycles. The third kappa shape index (κ3) is 1.82. The van der Waals surface area contributed by atoms with E-state index in [2.05, 4.69) is 40.0 Å². The molecule has 0 saturated carbocycles. The van der Waals surface area contributed by atoms with Gasteiger partial charge in [0, 0.05) is 36.7 Å². The van der Waals surface area contributed by atoms with Crippen LogP contribution in [0.25, 0.3) is 5.69 Å². The van der Waals surface area contributed by atoms with Gasteiger partial charge in [-0.25, -0.2) is 4.98 Å². The number of hydrogen-bond acceptors (Lipinski definition) is 2. The fraction of sp³-hybridized carbons (Fsp3) is 0.357. The molecule has 3 nitrogen and oxygen atoms in total. The third-order valence-corrected chi connectivity index (χ3v) is 3.34. The molecule has 2 aromatic rings. The molecule has 1 aromatic carbocycles. The van der Waals surface area contributed by atoms with Gasteiger partial charge < -0.3 is 9.88 Å². The van der Waals surface area contributed by atoms with Crippen LogP contribution in [0.1, 0.15) is 24.7 Å². The largest absolute Gasteiger partial charge is 0.385 e. The van der Waals surface area contributed by atoms with E-state index >= 15 is 0 Å². The molecule has 1 aromatic heterocycles. The highest BCUT2D eigenvalue weighted by atomic mass is 15.1. The highest BCUT2D eigenvalue weighted by molar-refractivity contribution is 5.58. The molecule has 1 aliphatic rings. The van der Waals surface area contributed by atoms with Crippen molar-refractivity contribution < 1.29 is 0 Å². The molecule has 2 heterocycles. The van der Waals surface area contributed by atoms with Crippen LogP contribution in [0.3, 0.4) is 0 Å². The number of nitrogens with one attached hydrogen (secondary N) is 1. The van der Waals surface area contributed by atoms with E-state index in [0.29, 0.717) is 0 Å². The second-order valence-electron chi connectivity index (χ2n) is 4.44. The van der Waals surface area contributed by atoms with Crippen LogP contribution in [-0.2, 0) is 12.8 Å². The predicted molar refractivity (Wildman–Crippen MR) is 69.8 cm³/mol. The lowest BCUT2D eigenvalue weighted by molar-refractivity contribution is 0.826. The highest BCUT2D eigenvalue weighted by Crippen LogP contribution is 2.25. The number of rotatable bonds is 2. The van der Waals surface area contributed by atoms with Gasteiger partial charge in [-0.3, -0.25) is 0 Å². The Bertz CT molecular complexity index is 528. The first-order chi connectivity index (χ1) is 8.38. The van der Waals surface area contributed by atoms with Gasteiger partial charge in [-0.1, -0.05) is 13.0 Å². The first kappa shape index (κ1) is 10.4. The summed E-state index contributed by atoms with van der Waals surface area (Å²) in [5, 5.41) is 3.47. The molecular formula is C14H17N3. The summed E-state index contributed by atoms with van der Waals surface area (Å²) >= 11 is 0. The van der Waals surface area contributed by atoms with Crippen molar-refractivity contribution in [1.82, 2.24) is 9.55 Å². The Kier molecular flexibility index (Phi) is 2.59. The second-order valence-corrected chi connectivity index (χ2v) is 4.44. The Labute approximate surface area is 101 Å². The van der Waals surface area contributed by atoms with Gasteiger partial charge in [-0.2, -0.15) is 0 Å². The maximum absolute atomic E-state index is 4.37. The fourth-order valence-electron chi connectivity index (χ4n) is 2.43. The number of anilines is 1. The molecule has 88 valence electrons. The van der Waals surface area contributed by atoms with Gasteiger partial charge in [0.25, 0.3) is 0 Å². The van der Waals surface area contributed by atoms with Crippen molar-refractivity contribution in [2.45, 2.75) is 26.2 Å². The summed E-state index contributed by atoms with van der Waals surface area (Å²) in [5.41, 5.74) is 3.91. The number of nitrogens with zero attached hydrogens (tertiary/aromatic N) is 2. The third-order valence-electron chi connectivity index (χ3n) is 3.34. The maximum atomic E-state index is 4.37. The number of hydrogen-bond donors (Lipinski definition) is 1. The summed E-state index contributed by atoms with van der Waals surface area (Å²) in [6, 6.07) is 6.65. The normalized spacial score (nSPS) is 14.2. The zero-order valence-electron chi connectivity index (χ0n) is 10.1. The van der Waals surface area contributed by atoms with Crippen molar-refractivity contribution in [2.75, 3.05) is 11.9 Å². The topological polar surface area (TPSA) is 29.9 Å². The van der Waals surface area contributed by atoms with Crippen molar-refractivity contribution in [2.24, 2.45) is 0 Å². The summed E-state index contributed by atoms with van der Waals surface area (Å²) in [6.45, 7) is 3.22. The first-order valence-corrected chi connectivity index (χ1v) is 6.28. The van der Waals surface area contributed by atoms with E-state index in [0.717, 1.165) is 18.8 Å². The van der Waals surface area contributed by atoms with Gasteiger partial charge in [0.2, 0.25) is 0 Å². The van der Waals surface area contributed by atoms with Gasteiger partial charge >= 0.3 is 0 Å². The van der Waals surface area contributed by atoms with Crippen molar-refractivity contribution in [3.05, 3.63) is 42.0 Å². The van der Waals surface area contributed by atoms with E-state index in [1.807, 2.05) is 12.4 Å². The Morgan fingerprint density at radius 1 is 1.41 bits per heavy atom. The second kappa shape index (κ2) is 4.24. The van der Waals surface area contributed by atoms with Gasteiger partial charge in [0.15, 0.2) is 0 Å². The molecule has 0 saturated heterocycles. The minimum atomic E-state index is 0.956.